The minimum absolute atomic E-state index is 0.0335. The summed E-state index contributed by atoms with van der Waals surface area (Å²) in [6.07, 6.45) is 2.22. The Hall–Kier alpha value is -3.21. The lowest BCUT2D eigenvalue weighted by Gasteiger charge is -2.35. The van der Waals surface area contributed by atoms with E-state index in [-0.39, 0.29) is 23.0 Å². The summed E-state index contributed by atoms with van der Waals surface area (Å²) in [5, 5.41) is 3.51. The minimum Gasteiger partial charge on any atom is -0.492 e. The zero-order valence-corrected chi connectivity index (χ0v) is 27.9. The van der Waals surface area contributed by atoms with Gasteiger partial charge in [0.15, 0.2) is 0 Å². The number of ether oxygens (including phenoxy) is 1. The highest BCUT2D eigenvalue weighted by atomic mass is 35.5. The smallest absolute Gasteiger partial charge is 0.264 e. The molecule has 0 aliphatic rings. The zero-order valence-electron chi connectivity index (χ0n) is 25.5. The number of thioether (sulfide) groups is 1. The molecule has 232 valence electrons. The Morgan fingerprint density at radius 2 is 1.60 bits per heavy atom. The maximum absolute atomic E-state index is 14.3. The van der Waals surface area contributed by atoms with Crippen molar-refractivity contribution in [2.24, 2.45) is 0 Å². The minimum atomic E-state index is -4.23. The summed E-state index contributed by atoms with van der Waals surface area (Å²) in [6.45, 7) is 9.05. The van der Waals surface area contributed by atoms with Crippen molar-refractivity contribution in [2.75, 3.05) is 23.7 Å². The van der Waals surface area contributed by atoms with E-state index in [4.69, 9.17) is 16.3 Å². The predicted molar refractivity (Wildman–Crippen MR) is 174 cm³/mol. The standard InChI is InChI=1S/C32H40ClN3O5S2/c1-7-27(31(38)34-32(3,4)5)35(21-23-13-15-24(33)16-14-23)30(37)22-36(28-11-9-10-12-29(28)41-8-2)43(39,40)26-19-17-25(42-6)18-20-26/h9-20,27H,7-8,21-22H2,1-6H3,(H,34,38)/t27-/m1/s1. The van der Waals surface area contributed by atoms with Crippen LogP contribution < -0.4 is 14.4 Å². The van der Waals surface area contributed by atoms with Crippen molar-refractivity contribution in [3.63, 3.8) is 0 Å². The van der Waals surface area contributed by atoms with Gasteiger partial charge in [-0.2, -0.15) is 0 Å². The average Bonchev–Trinajstić information content (AvgIpc) is 2.96. The zero-order chi connectivity index (χ0) is 31.8. The number of rotatable bonds is 13. The van der Waals surface area contributed by atoms with Crippen molar-refractivity contribution in [3.05, 3.63) is 83.4 Å². The molecule has 0 aromatic heterocycles. The van der Waals surface area contributed by atoms with Crippen LogP contribution in [0.15, 0.2) is 82.6 Å². The maximum Gasteiger partial charge on any atom is 0.264 e. The van der Waals surface area contributed by atoms with Crippen molar-refractivity contribution in [3.8, 4) is 5.75 Å². The number of carbonyl (C=O) groups excluding carboxylic acids is 2. The molecule has 8 nitrogen and oxygen atoms in total. The summed E-state index contributed by atoms with van der Waals surface area (Å²) in [7, 11) is -4.23. The average molecular weight is 646 g/mol. The van der Waals surface area contributed by atoms with Crippen molar-refractivity contribution in [1.82, 2.24) is 10.2 Å². The van der Waals surface area contributed by atoms with E-state index in [9.17, 15) is 18.0 Å². The van der Waals surface area contributed by atoms with E-state index >= 15 is 0 Å². The predicted octanol–water partition coefficient (Wildman–Crippen LogP) is 6.38. The molecule has 43 heavy (non-hydrogen) atoms. The second-order valence-electron chi connectivity index (χ2n) is 10.9. The third-order valence-electron chi connectivity index (χ3n) is 6.51. The summed E-state index contributed by atoms with van der Waals surface area (Å²) in [5.74, 6) is -0.542. The van der Waals surface area contributed by atoms with Gasteiger partial charge >= 0.3 is 0 Å². The SMILES string of the molecule is CCOc1ccccc1N(CC(=O)N(Cc1ccc(Cl)cc1)[C@H](CC)C(=O)NC(C)(C)C)S(=O)(=O)c1ccc(SC)cc1. The summed E-state index contributed by atoms with van der Waals surface area (Å²) in [4.78, 5) is 30.1. The molecule has 2 amide bonds. The molecule has 0 fully saturated rings. The van der Waals surface area contributed by atoms with Crippen molar-refractivity contribution in [1.29, 1.82) is 0 Å². The molecular formula is C32H40ClN3O5S2. The molecule has 0 saturated heterocycles. The molecule has 0 spiro atoms. The number of nitrogens with zero attached hydrogens (tertiary/aromatic N) is 2. The number of halogens is 1. The van der Waals surface area contributed by atoms with Gasteiger partial charge < -0.3 is 15.0 Å². The maximum atomic E-state index is 14.3. The van der Waals surface area contributed by atoms with Crippen LogP contribution in [0, 0.1) is 0 Å². The highest BCUT2D eigenvalue weighted by Gasteiger charge is 2.35. The van der Waals surface area contributed by atoms with Gasteiger partial charge in [0.25, 0.3) is 10.0 Å². The number of anilines is 1. The number of hydrogen-bond acceptors (Lipinski definition) is 6. The van der Waals surface area contributed by atoms with Crippen LogP contribution in [0.3, 0.4) is 0 Å². The summed E-state index contributed by atoms with van der Waals surface area (Å²) in [6, 6.07) is 19.3. The summed E-state index contributed by atoms with van der Waals surface area (Å²) < 4.78 is 35.3. The van der Waals surface area contributed by atoms with E-state index in [2.05, 4.69) is 5.32 Å². The first kappa shape index (κ1) is 34.3. The third kappa shape index (κ3) is 9.14. The molecule has 3 aromatic rings. The van der Waals surface area contributed by atoms with E-state index in [0.717, 1.165) is 14.8 Å². The highest BCUT2D eigenvalue weighted by molar-refractivity contribution is 7.98. The Labute approximate surface area is 264 Å². The number of benzene rings is 3. The van der Waals surface area contributed by atoms with Crippen molar-refractivity contribution in [2.45, 2.75) is 69.0 Å². The van der Waals surface area contributed by atoms with Gasteiger partial charge in [-0.3, -0.25) is 13.9 Å². The van der Waals surface area contributed by atoms with Crippen LogP contribution in [0.4, 0.5) is 5.69 Å². The molecule has 0 radical (unpaired) electrons. The number of amides is 2. The second kappa shape index (κ2) is 15.0. The largest absolute Gasteiger partial charge is 0.492 e. The van der Waals surface area contributed by atoms with Crippen LogP contribution in [0.25, 0.3) is 0 Å². The Bertz CT molecular complexity index is 1490. The summed E-state index contributed by atoms with van der Waals surface area (Å²) in [5.41, 5.74) is 0.440. The van der Waals surface area contributed by atoms with Crippen molar-refractivity contribution < 1.29 is 22.7 Å². The first-order valence-corrected chi connectivity index (χ1v) is 17.1. The number of carbonyl (C=O) groups is 2. The number of para-hydroxylation sites is 2. The number of hydrogen-bond donors (Lipinski definition) is 1. The van der Waals surface area contributed by atoms with Gasteiger partial charge in [0.2, 0.25) is 11.8 Å². The number of nitrogens with one attached hydrogen (secondary N) is 1. The molecule has 3 rings (SSSR count). The molecule has 1 N–H and O–H groups in total. The first-order valence-electron chi connectivity index (χ1n) is 14.0. The normalized spacial score (nSPS) is 12.3. The molecule has 0 unspecified atom stereocenters. The van der Waals surface area contributed by atoms with Gasteiger partial charge in [-0.25, -0.2) is 8.42 Å². The van der Waals surface area contributed by atoms with Crippen LogP contribution in [0.1, 0.15) is 46.6 Å². The van der Waals surface area contributed by atoms with Gasteiger partial charge in [0.05, 0.1) is 17.2 Å². The lowest BCUT2D eigenvalue weighted by atomic mass is 10.1. The van der Waals surface area contributed by atoms with Gasteiger partial charge in [0.1, 0.15) is 18.3 Å². The molecule has 0 heterocycles. The van der Waals surface area contributed by atoms with Crippen LogP contribution in [-0.4, -0.2) is 56.1 Å². The molecule has 11 heteroatoms. The lowest BCUT2D eigenvalue weighted by molar-refractivity contribution is -0.141. The van der Waals surface area contributed by atoms with E-state index in [1.165, 1.54) is 28.8 Å². The molecule has 0 saturated carbocycles. The van der Waals surface area contributed by atoms with Gasteiger partial charge in [-0.1, -0.05) is 42.8 Å². The Balaban J connectivity index is 2.12. The molecule has 0 bridgehead atoms. The van der Waals surface area contributed by atoms with Crippen LogP contribution in [0.5, 0.6) is 5.75 Å². The molecule has 3 aromatic carbocycles. The van der Waals surface area contributed by atoms with Crippen LogP contribution in [0.2, 0.25) is 5.02 Å². The van der Waals surface area contributed by atoms with E-state index in [1.807, 2.05) is 34.0 Å². The van der Waals surface area contributed by atoms with Gasteiger partial charge in [-0.05, 0) is 94.5 Å². The topological polar surface area (TPSA) is 96.0 Å². The lowest BCUT2D eigenvalue weighted by Crippen LogP contribution is -2.55. The van der Waals surface area contributed by atoms with E-state index in [1.54, 1.807) is 67.6 Å². The second-order valence-corrected chi connectivity index (χ2v) is 14.1. The van der Waals surface area contributed by atoms with Crippen molar-refractivity contribution >= 4 is 50.9 Å². The Morgan fingerprint density at radius 1 is 0.977 bits per heavy atom. The molecule has 0 aliphatic heterocycles. The Kier molecular flexibility index (Phi) is 12.0. The van der Waals surface area contributed by atoms with Crippen LogP contribution in [-0.2, 0) is 26.2 Å². The quantitative estimate of drug-likeness (QED) is 0.217. The monoisotopic (exact) mass is 645 g/mol. The fourth-order valence-electron chi connectivity index (χ4n) is 4.49. The Morgan fingerprint density at radius 3 is 2.16 bits per heavy atom. The molecule has 0 aliphatic carbocycles. The first-order chi connectivity index (χ1) is 20.3. The third-order valence-corrected chi connectivity index (χ3v) is 9.28. The molecule has 1 atom stereocenters. The number of sulfonamides is 1. The van der Waals surface area contributed by atoms with E-state index in [0.29, 0.717) is 23.8 Å². The van der Waals surface area contributed by atoms with Gasteiger partial charge in [-0.15, -0.1) is 11.8 Å². The summed E-state index contributed by atoms with van der Waals surface area (Å²) >= 11 is 7.59. The fraction of sp³-hybridized carbons (Fsp3) is 0.375. The van der Waals surface area contributed by atoms with Crippen LogP contribution >= 0.6 is 23.4 Å². The molecular weight excluding hydrogens is 606 g/mol. The fourth-order valence-corrected chi connectivity index (χ4v) is 6.45. The van der Waals surface area contributed by atoms with Gasteiger partial charge in [0, 0.05) is 22.0 Å². The van der Waals surface area contributed by atoms with E-state index < -0.39 is 34.1 Å². The highest BCUT2D eigenvalue weighted by Crippen LogP contribution is 2.33.